The Hall–Kier alpha value is -0.910. The van der Waals surface area contributed by atoms with Crippen molar-refractivity contribution in [1.29, 1.82) is 0 Å². The lowest BCUT2D eigenvalue weighted by Gasteiger charge is -2.07. The van der Waals surface area contributed by atoms with Gasteiger partial charge in [-0.05, 0) is 29.8 Å². The molecule has 0 aliphatic heterocycles. The maximum atomic E-state index is 12.3. The molecule has 3 nitrogen and oxygen atoms in total. The topological polar surface area (TPSA) is 56.0 Å². The highest BCUT2D eigenvalue weighted by atomic mass is 79.9. The molecular weight excluding hydrogens is 336 g/mol. The fourth-order valence-corrected chi connectivity index (χ4v) is 3.50. The third-order valence-corrected chi connectivity index (χ3v) is 4.61. The van der Waals surface area contributed by atoms with Crippen LogP contribution in [0.15, 0.2) is 46.0 Å². The number of hydrogen-bond acceptors (Lipinski definition) is 3. The van der Waals surface area contributed by atoms with Crippen LogP contribution < -0.4 is 5.73 Å². The first-order valence-corrected chi connectivity index (χ1v) is 7.58. The Morgan fingerprint density at radius 2 is 2.17 bits per heavy atom. The van der Waals surface area contributed by atoms with Gasteiger partial charge in [-0.2, -0.15) is 0 Å². The molecule has 0 fully saturated rings. The lowest BCUT2D eigenvalue weighted by atomic mass is 10.3. The van der Waals surface area contributed by atoms with Crippen molar-refractivity contribution in [2.24, 2.45) is 0 Å². The van der Waals surface area contributed by atoms with Gasteiger partial charge in [-0.15, -0.1) is 0 Å². The fourth-order valence-electron chi connectivity index (χ4n) is 1.45. The van der Waals surface area contributed by atoms with Gasteiger partial charge in [-0.1, -0.05) is 27.5 Å². The van der Waals surface area contributed by atoms with Crippen molar-refractivity contribution >= 4 is 44.0 Å². The molecule has 1 aromatic heterocycles. The third-order valence-electron chi connectivity index (χ3n) is 2.36. The first-order valence-electron chi connectivity index (χ1n) is 5.09. The van der Waals surface area contributed by atoms with Crippen molar-refractivity contribution in [1.82, 2.24) is 4.98 Å². The summed E-state index contributed by atoms with van der Waals surface area (Å²) in [5.41, 5.74) is 7.13. The molecular formula is C12H10BrClN2OS. The fraction of sp³-hybridized carbons (Fsp3) is 0.0833. The molecule has 0 saturated heterocycles. The lowest BCUT2D eigenvalue weighted by Crippen LogP contribution is -2.01. The largest absolute Gasteiger partial charge is 0.398 e. The first kappa shape index (κ1) is 13.5. The smallest absolute Gasteiger partial charge is 0.0632 e. The molecule has 0 aliphatic rings. The summed E-state index contributed by atoms with van der Waals surface area (Å²) in [7, 11) is -1.23. The van der Waals surface area contributed by atoms with Crippen LogP contribution in [-0.4, -0.2) is 9.19 Å². The average Bonchev–Trinajstić information content (AvgIpc) is 2.35. The minimum Gasteiger partial charge on any atom is -0.398 e. The number of nitrogens with zero attached hydrogens (tertiary/aromatic N) is 1. The van der Waals surface area contributed by atoms with Gasteiger partial charge in [0, 0.05) is 22.6 Å². The Bertz CT molecular complexity index is 606. The Morgan fingerprint density at radius 3 is 2.89 bits per heavy atom. The van der Waals surface area contributed by atoms with E-state index in [1.165, 1.54) is 0 Å². The number of nitrogen functional groups attached to an aromatic ring is 1. The SMILES string of the molecule is Nc1ccc(Br)cc1S(=O)Cc1ccncc1Cl. The van der Waals surface area contributed by atoms with Crippen LogP contribution in [0.3, 0.4) is 0 Å². The van der Waals surface area contributed by atoms with Crippen LogP contribution >= 0.6 is 27.5 Å². The van der Waals surface area contributed by atoms with E-state index in [1.54, 1.807) is 30.6 Å². The molecule has 1 aromatic carbocycles. The normalized spacial score (nSPS) is 12.3. The lowest BCUT2D eigenvalue weighted by molar-refractivity contribution is 0.683. The molecule has 2 N–H and O–H groups in total. The van der Waals surface area contributed by atoms with Crippen LogP contribution in [0.1, 0.15) is 5.56 Å². The number of halogens is 2. The molecule has 1 heterocycles. The average molecular weight is 346 g/mol. The van der Waals surface area contributed by atoms with Crippen molar-refractivity contribution in [2.45, 2.75) is 10.6 Å². The monoisotopic (exact) mass is 344 g/mol. The molecule has 0 aliphatic carbocycles. The van der Waals surface area contributed by atoms with Crippen LogP contribution in [0.2, 0.25) is 5.02 Å². The second-order valence-electron chi connectivity index (χ2n) is 3.64. The van der Waals surface area contributed by atoms with Crippen molar-refractivity contribution < 1.29 is 4.21 Å². The van der Waals surface area contributed by atoms with Gasteiger partial charge in [0.25, 0.3) is 0 Å². The minimum absolute atomic E-state index is 0.321. The van der Waals surface area contributed by atoms with Crippen molar-refractivity contribution in [3.63, 3.8) is 0 Å². The number of pyridine rings is 1. The molecule has 6 heteroatoms. The summed E-state index contributed by atoms with van der Waals surface area (Å²) in [4.78, 5) is 4.50. The zero-order chi connectivity index (χ0) is 13.1. The highest BCUT2D eigenvalue weighted by molar-refractivity contribution is 9.10. The van der Waals surface area contributed by atoms with E-state index in [4.69, 9.17) is 17.3 Å². The van der Waals surface area contributed by atoms with E-state index < -0.39 is 10.8 Å². The van der Waals surface area contributed by atoms with Gasteiger partial charge in [0.1, 0.15) is 0 Å². The molecule has 2 aromatic rings. The molecule has 1 atom stereocenters. The van der Waals surface area contributed by atoms with Gasteiger partial charge in [-0.3, -0.25) is 9.19 Å². The van der Waals surface area contributed by atoms with Crippen LogP contribution in [0.5, 0.6) is 0 Å². The van der Waals surface area contributed by atoms with Gasteiger partial charge in [0.15, 0.2) is 0 Å². The standard InChI is InChI=1S/C12H10BrClN2OS/c13-9-1-2-11(15)12(5-9)18(17)7-8-3-4-16-6-10(8)14/h1-6H,7,15H2. The summed E-state index contributed by atoms with van der Waals surface area (Å²) in [5, 5.41) is 0.513. The second-order valence-corrected chi connectivity index (χ2v) is 6.38. The summed E-state index contributed by atoms with van der Waals surface area (Å²) >= 11 is 9.33. The summed E-state index contributed by atoms with van der Waals surface area (Å²) in [5.74, 6) is 0.321. The van der Waals surface area contributed by atoms with Crippen LogP contribution in [-0.2, 0) is 16.6 Å². The van der Waals surface area contributed by atoms with E-state index in [-0.39, 0.29) is 0 Å². The van der Waals surface area contributed by atoms with Crippen LogP contribution in [0.4, 0.5) is 5.69 Å². The van der Waals surface area contributed by atoms with E-state index in [2.05, 4.69) is 20.9 Å². The molecule has 18 heavy (non-hydrogen) atoms. The molecule has 0 spiro atoms. The summed E-state index contributed by atoms with van der Waals surface area (Å²) in [6, 6.07) is 7.07. The molecule has 0 bridgehead atoms. The summed E-state index contributed by atoms with van der Waals surface area (Å²) in [6.07, 6.45) is 3.17. The van der Waals surface area contributed by atoms with Gasteiger partial charge < -0.3 is 5.73 Å². The highest BCUT2D eigenvalue weighted by Gasteiger charge is 2.11. The third kappa shape index (κ3) is 3.10. The zero-order valence-corrected chi connectivity index (χ0v) is 12.4. The Kier molecular flexibility index (Phi) is 4.37. The van der Waals surface area contributed by atoms with Gasteiger partial charge in [-0.25, -0.2) is 0 Å². The highest BCUT2D eigenvalue weighted by Crippen LogP contribution is 2.25. The number of nitrogens with two attached hydrogens (primary N) is 1. The maximum absolute atomic E-state index is 12.3. The van der Waals surface area contributed by atoms with Crippen LogP contribution in [0, 0.1) is 0 Å². The summed E-state index contributed by atoms with van der Waals surface area (Å²) in [6.45, 7) is 0. The van der Waals surface area contributed by atoms with Gasteiger partial charge >= 0.3 is 0 Å². The van der Waals surface area contributed by atoms with Crippen molar-refractivity contribution in [3.8, 4) is 0 Å². The number of anilines is 1. The quantitative estimate of drug-likeness (QED) is 0.868. The van der Waals surface area contributed by atoms with E-state index >= 15 is 0 Å². The molecule has 2 rings (SSSR count). The van der Waals surface area contributed by atoms with Gasteiger partial charge in [0.05, 0.1) is 26.5 Å². The molecule has 0 amide bonds. The van der Waals surface area contributed by atoms with Gasteiger partial charge in [0.2, 0.25) is 0 Å². The molecule has 0 radical (unpaired) electrons. The summed E-state index contributed by atoms with van der Waals surface area (Å²) < 4.78 is 13.1. The molecule has 0 saturated carbocycles. The van der Waals surface area contributed by atoms with E-state index in [1.807, 2.05) is 6.07 Å². The maximum Gasteiger partial charge on any atom is 0.0632 e. The molecule has 1 unspecified atom stereocenters. The minimum atomic E-state index is -1.23. The predicted octanol–water partition coefficient (Wildman–Crippen LogP) is 3.39. The first-order chi connectivity index (χ1) is 8.58. The zero-order valence-electron chi connectivity index (χ0n) is 9.27. The molecule has 94 valence electrons. The van der Waals surface area contributed by atoms with E-state index in [0.29, 0.717) is 21.4 Å². The van der Waals surface area contributed by atoms with E-state index in [0.717, 1.165) is 10.0 Å². The number of rotatable bonds is 3. The number of hydrogen-bond donors (Lipinski definition) is 1. The van der Waals surface area contributed by atoms with Crippen LogP contribution in [0.25, 0.3) is 0 Å². The Balaban J connectivity index is 2.28. The Morgan fingerprint density at radius 1 is 1.39 bits per heavy atom. The predicted molar refractivity (Wildman–Crippen MR) is 77.9 cm³/mol. The Labute approximate surface area is 121 Å². The van der Waals surface area contributed by atoms with Crippen molar-refractivity contribution in [2.75, 3.05) is 5.73 Å². The van der Waals surface area contributed by atoms with E-state index in [9.17, 15) is 4.21 Å². The second kappa shape index (κ2) is 5.82. The van der Waals surface area contributed by atoms with Crippen molar-refractivity contribution in [3.05, 3.63) is 51.7 Å². The number of benzene rings is 1. The number of aromatic nitrogens is 1.